The van der Waals surface area contributed by atoms with Gasteiger partial charge >= 0.3 is 0 Å². The minimum absolute atomic E-state index is 0.378. The summed E-state index contributed by atoms with van der Waals surface area (Å²) < 4.78 is 0. The lowest BCUT2D eigenvalue weighted by Gasteiger charge is -2.24. The summed E-state index contributed by atoms with van der Waals surface area (Å²) in [6.45, 7) is 8.01. The van der Waals surface area contributed by atoms with Crippen LogP contribution in [0.3, 0.4) is 0 Å². The van der Waals surface area contributed by atoms with Gasteiger partial charge in [-0.2, -0.15) is 0 Å². The van der Waals surface area contributed by atoms with Gasteiger partial charge in [-0.1, -0.05) is 23.8 Å². The van der Waals surface area contributed by atoms with Crippen molar-refractivity contribution in [3.05, 3.63) is 42.5 Å². The third-order valence-electron chi connectivity index (χ3n) is 2.39. The van der Waals surface area contributed by atoms with E-state index in [0.717, 1.165) is 0 Å². The van der Waals surface area contributed by atoms with Gasteiger partial charge in [0.2, 0.25) is 0 Å². The van der Waals surface area contributed by atoms with Gasteiger partial charge in [0, 0.05) is 18.8 Å². The minimum atomic E-state index is 0.378. The molecular formula is C12H17N. The van der Waals surface area contributed by atoms with Crippen molar-refractivity contribution in [1.29, 1.82) is 0 Å². The summed E-state index contributed by atoms with van der Waals surface area (Å²) in [6.07, 6.45) is 1.94. The molecule has 0 N–H and O–H groups in total. The number of nitrogens with zero attached hydrogens (tertiary/aromatic N) is 1. The summed E-state index contributed by atoms with van der Waals surface area (Å²) in [5, 5.41) is 0. The van der Waals surface area contributed by atoms with Crippen LogP contribution in [0, 0.1) is 6.92 Å². The first kappa shape index (κ1) is 9.85. The zero-order chi connectivity index (χ0) is 9.84. The molecule has 1 aromatic carbocycles. The van der Waals surface area contributed by atoms with E-state index >= 15 is 0 Å². The predicted molar refractivity (Wildman–Crippen MR) is 59.2 cm³/mol. The lowest BCUT2D eigenvalue weighted by atomic mass is 10.2. The van der Waals surface area contributed by atoms with E-state index in [1.807, 2.05) is 6.08 Å². The molecule has 0 amide bonds. The number of hydrogen-bond acceptors (Lipinski definition) is 1. The fraction of sp³-hybridized carbons (Fsp3) is 0.333. The van der Waals surface area contributed by atoms with Crippen molar-refractivity contribution in [2.24, 2.45) is 0 Å². The third kappa shape index (κ3) is 2.35. The Morgan fingerprint density at radius 1 is 1.31 bits per heavy atom. The van der Waals surface area contributed by atoms with Crippen LogP contribution in [0.1, 0.15) is 12.5 Å². The molecule has 0 saturated carbocycles. The first-order valence-electron chi connectivity index (χ1n) is 4.57. The van der Waals surface area contributed by atoms with Crippen LogP contribution in [0.4, 0.5) is 5.69 Å². The van der Waals surface area contributed by atoms with Crippen molar-refractivity contribution in [1.82, 2.24) is 0 Å². The molecular weight excluding hydrogens is 158 g/mol. The van der Waals surface area contributed by atoms with E-state index < -0.39 is 0 Å². The Bertz CT molecular complexity index is 274. The Morgan fingerprint density at radius 3 is 2.31 bits per heavy atom. The first-order chi connectivity index (χ1) is 6.15. The molecule has 0 bridgehead atoms. The van der Waals surface area contributed by atoms with Crippen molar-refractivity contribution >= 4 is 5.69 Å². The maximum Gasteiger partial charge on any atom is 0.0438 e. The van der Waals surface area contributed by atoms with Gasteiger partial charge in [-0.15, -0.1) is 6.58 Å². The Balaban J connectivity index is 2.82. The van der Waals surface area contributed by atoms with E-state index in [0.29, 0.717) is 6.04 Å². The van der Waals surface area contributed by atoms with Gasteiger partial charge in [0.05, 0.1) is 0 Å². The molecule has 1 unspecified atom stereocenters. The number of rotatable bonds is 3. The van der Waals surface area contributed by atoms with Crippen molar-refractivity contribution in [3.63, 3.8) is 0 Å². The monoisotopic (exact) mass is 175 g/mol. The summed E-state index contributed by atoms with van der Waals surface area (Å²) in [7, 11) is 2.08. The minimum Gasteiger partial charge on any atom is -0.368 e. The zero-order valence-corrected chi connectivity index (χ0v) is 8.62. The Labute approximate surface area is 80.7 Å². The molecule has 0 saturated heterocycles. The van der Waals surface area contributed by atoms with Crippen molar-refractivity contribution < 1.29 is 0 Å². The maximum absolute atomic E-state index is 3.78. The molecule has 1 nitrogen and oxygen atoms in total. The molecule has 0 heterocycles. The predicted octanol–water partition coefficient (Wildman–Crippen LogP) is 3.01. The van der Waals surface area contributed by atoms with Gasteiger partial charge in [-0.05, 0) is 26.0 Å². The van der Waals surface area contributed by atoms with Crippen LogP contribution in [0.15, 0.2) is 36.9 Å². The second-order valence-electron chi connectivity index (χ2n) is 3.42. The average molecular weight is 175 g/mol. The number of hydrogen-bond donors (Lipinski definition) is 0. The highest BCUT2D eigenvalue weighted by Gasteiger charge is 2.04. The van der Waals surface area contributed by atoms with Crippen LogP contribution >= 0.6 is 0 Å². The van der Waals surface area contributed by atoms with Crippen LogP contribution < -0.4 is 4.90 Å². The zero-order valence-electron chi connectivity index (χ0n) is 8.62. The van der Waals surface area contributed by atoms with E-state index in [-0.39, 0.29) is 0 Å². The molecule has 0 aliphatic rings. The topological polar surface area (TPSA) is 3.24 Å². The molecule has 13 heavy (non-hydrogen) atoms. The number of likely N-dealkylation sites (N-methyl/N-ethyl adjacent to an activating group) is 1. The highest BCUT2D eigenvalue weighted by atomic mass is 15.1. The smallest absolute Gasteiger partial charge is 0.0438 e. The Hall–Kier alpha value is -1.24. The van der Waals surface area contributed by atoms with Crippen molar-refractivity contribution in [2.75, 3.05) is 11.9 Å². The molecule has 0 spiro atoms. The number of aryl methyl sites for hydroxylation is 1. The third-order valence-corrected chi connectivity index (χ3v) is 2.39. The fourth-order valence-corrected chi connectivity index (χ4v) is 1.17. The molecule has 0 fully saturated rings. The van der Waals surface area contributed by atoms with Gasteiger partial charge < -0.3 is 4.90 Å². The first-order valence-corrected chi connectivity index (χ1v) is 4.57. The van der Waals surface area contributed by atoms with Crippen LogP contribution in [-0.4, -0.2) is 13.1 Å². The lowest BCUT2D eigenvalue weighted by molar-refractivity contribution is 0.825. The SMILES string of the molecule is C=CC(C)N(C)c1ccc(C)cc1. The van der Waals surface area contributed by atoms with Crippen LogP contribution in [0.25, 0.3) is 0 Å². The average Bonchev–Trinajstić information content (AvgIpc) is 2.17. The quantitative estimate of drug-likeness (QED) is 0.638. The number of benzene rings is 1. The Kier molecular flexibility index (Phi) is 3.13. The van der Waals surface area contributed by atoms with E-state index in [1.165, 1.54) is 11.3 Å². The molecule has 1 atom stereocenters. The molecule has 1 aromatic rings. The van der Waals surface area contributed by atoms with E-state index in [9.17, 15) is 0 Å². The summed E-state index contributed by atoms with van der Waals surface area (Å²) >= 11 is 0. The standard InChI is InChI=1S/C12H17N/c1-5-11(3)13(4)12-8-6-10(2)7-9-12/h5-9,11H,1H2,2-4H3. The van der Waals surface area contributed by atoms with Gasteiger partial charge in [-0.25, -0.2) is 0 Å². The molecule has 0 aliphatic heterocycles. The van der Waals surface area contributed by atoms with E-state index in [4.69, 9.17) is 0 Å². The Morgan fingerprint density at radius 2 is 1.85 bits per heavy atom. The van der Waals surface area contributed by atoms with Crippen LogP contribution in [-0.2, 0) is 0 Å². The molecule has 70 valence electrons. The van der Waals surface area contributed by atoms with Crippen LogP contribution in [0.5, 0.6) is 0 Å². The normalized spacial score (nSPS) is 12.2. The van der Waals surface area contributed by atoms with Crippen LogP contribution in [0.2, 0.25) is 0 Å². The summed E-state index contributed by atoms with van der Waals surface area (Å²) in [5.41, 5.74) is 2.53. The number of anilines is 1. The lowest BCUT2D eigenvalue weighted by Crippen LogP contribution is -2.26. The maximum atomic E-state index is 3.78. The molecule has 1 heteroatoms. The molecule has 1 rings (SSSR count). The summed E-state index contributed by atoms with van der Waals surface area (Å²) in [5.74, 6) is 0. The highest BCUT2D eigenvalue weighted by molar-refractivity contribution is 5.48. The largest absolute Gasteiger partial charge is 0.368 e. The van der Waals surface area contributed by atoms with Crippen molar-refractivity contribution in [2.45, 2.75) is 19.9 Å². The van der Waals surface area contributed by atoms with Gasteiger partial charge in [0.1, 0.15) is 0 Å². The molecule has 0 aliphatic carbocycles. The summed E-state index contributed by atoms with van der Waals surface area (Å²) in [6, 6.07) is 8.90. The van der Waals surface area contributed by atoms with Gasteiger partial charge in [-0.3, -0.25) is 0 Å². The second-order valence-corrected chi connectivity index (χ2v) is 3.42. The van der Waals surface area contributed by atoms with E-state index in [2.05, 4.69) is 56.6 Å². The fourth-order valence-electron chi connectivity index (χ4n) is 1.17. The van der Waals surface area contributed by atoms with Crippen molar-refractivity contribution in [3.8, 4) is 0 Å². The molecule has 0 aromatic heterocycles. The highest BCUT2D eigenvalue weighted by Crippen LogP contribution is 2.15. The van der Waals surface area contributed by atoms with Gasteiger partial charge in [0.15, 0.2) is 0 Å². The molecule has 0 radical (unpaired) electrons. The second kappa shape index (κ2) is 4.13. The van der Waals surface area contributed by atoms with E-state index in [1.54, 1.807) is 0 Å². The summed E-state index contributed by atoms with van der Waals surface area (Å²) in [4.78, 5) is 2.20. The van der Waals surface area contributed by atoms with Gasteiger partial charge in [0.25, 0.3) is 0 Å².